The normalized spacial score (nSPS) is 10.1. The zero-order valence-corrected chi connectivity index (χ0v) is 12.7. The Morgan fingerprint density at radius 2 is 1.87 bits per heavy atom. The lowest BCUT2D eigenvalue weighted by Gasteiger charge is -2.08. The number of nitrogens with two attached hydrogens (primary N) is 1. The number of carbonyl (C=O) groups is 1. The first-order valence-corrected chi connectivity index (χ1v) is 6.94. The molecule has 8 heteroatoms. The molecular formula is C15H13ClN2O5. The third-order valence-corrected chi connectivity index (χ3v) is 3.12. The summed E-state index contributed by atoms with van der Waals surface area (Å²) in [6.07, 6.45) is 0. The molecule has 0 amide bonds. The summed E-state index contributed by atoms with van der Waals surface area (Å²) in [5.41, 5.74) is 5.46. The van der Waals surface area contributed by atoms with Crippen LogP contribution in [0.15, 0.2) is 42.5 Å². The number of esters is 1. The molecule has 0 aliphatic heterocycles. The van der Waals surface area contributed by atoms with Crippen LogP contribution in [0, 0.1) is 10.1 Å². The monoisotopic (exact) mass is 336 g/mol. The summed E-state index contributed by atoms with van der Waals surface area (Å²) < 4.78 is 10.4. The van der Waals surface area contributed by atoms with Crippen molar-refractivity contribution in [3.05, 3.63) is 63.2 Å². The van der Waals surface area contributed by atoms with Crippen molar-refractivity contribution in [2.45, 2.75) is 0 Å². The summed E-state index contributed by atoms with van der Waals surface area (Å²) >= 11 is 5.75. The Kier molecular flexibility index (Phi) is 5.37. The highest BCUT2D eigenvalue weighted by atomic mass is 35.5. The van der Waals surface area contributed by atoms with E-state index in [4.69, 9.17) is 26.8 Å². The van der Waals surface area contributed by atoms with Crippen LogP contribution in [0.5, 0.6) is 5.75 Å². The van der Waals surface area contributed by atoms with Gasteiger partial charge in [0.2, 0.25) is 0 Å². The Morgan fingerprint density at radius 3 is 2.52 bits per heavy atom. The van der Waals surface area contributed by atoms with Crippen LogP contribution in [0.3, 0.4) is 0 Å². The van der Waals surface area contributed by atoms with E-state index in [9.17, 15) is 14.9 Å². The summed E-state index contributed by atoms with van der Waals surface area (Å²) in [5, 5.41) is 11.3. The average Bonchev–Trinajstić information content (AvgIpc) is 2.53. The molecule has 2 aromatic carbocycles. The van der Waals surface area contributed by atoms with E-state index < -0.39 is 10.9 Å². The fourth-order valence-electron chi connectivity index (χ4n) is 1.74. The topological polar surface area (TPSA) is 105 Å². The number of nitrogens with zero attached hydrogens (tertiary/aromatic N) is 1. The van der Waals surface area contributed by atoms with Crippen molar-refractivity contribution in [2.24, 2.45) is 0 Å². The van der Waals surface area contributed by atoms with E-state index in [0.717, 1.165) is 6.07 Å². The molecule has 2 rings (SSSR count). The minimum Gasteiger partial charge on any atom is -0.490 e. The second-order valence-corrected chi connectivity index (χ2v) is 4.90. The maximum atomic E-state index is 11.9. The lowest BCUT2D eigenvalue weighted by molar-refractivity contribution is -0.384. The molecule has 0 unspecified atom stereocenters. The van der Waals surface area contributed by atoms with Crippen LogP contribution < -0.4 is 10.5 Å². The quantitative estimate of drug-likeness (QED) is 0.286. The molecule has 2 aromatic rings. The summed E-state index contributed by atoms with van der Waals surface area (Å²) in [6.45, 7) is 0.103. The zero-order chi connectivity index (χ0) is 16.8. The molecule has 0 atom stereocenters. The van der Waals surface area contributed by atoms with Gasteiger partial charge in [-0.2, -0.15) is 0 Å². The van der Waals surface area contributed by atoms with Crippen LogP contribution in [0.25, 0.3) is 0 Å². The summed E-state index contributed by atoms with van der Waals surface area (Å²) in [5.74, 6) is -0.161. The van der Waals surface area contributed by atoms with Gasteiger partial charge in [0.05, 0.1) is 10.5 Å². The van der Waals surface area contributed by atoms with Gasteiger partial charge in [0.15, 0.2) is 0 Å². The van der Waals surface area contributed by atoms with Gasteiger partial charge in [0, 0.05) is 22.8 Å². The molecule has 0 bridgehead atoms. The molecule has 0 spiro atoms. The minimum absolute atomic E-state index is 0.0242. The van der Waals surface area contributed by atoms with Gasteiger partial charge in [-0.3, -0.25) is 10.1 Å². The number of ether oxygens (including phenoxy) is 2. The maximum Gasteiger partial charge on any atom is 0.340 e. The highest BCUT2D eigenvalue weighted by molar-refractivity contribution is 6.30. The number of non-ortho nitro benzene ring substituents is 1. The highest BCUT2D eigenvalue weighted by Gasteiger charge is 2.16. The van der Waals surface area contributed by atoms with Crippen molar-refractivity contribution < 1.29 is 19.2 Å². The molecule has 0 fully saturated rings. The van der Waals surface area contributed by atoms with Crippen LogP contribution in [0.2, 0.25) is 5.02 Å². The predicted molar refractivity (Wildman–Crippen MR) is 84.7 cm³/mol. The fraction of sp³-hybridized carbons (Fsp3) is 0.133. The van der Waals surface area contributed by atoms with Crippen LogP contribution in [-0.2, 0) is 4.74 Å². The zero-order valence-electron chi connectivity index (χ0n) is 11.9. The first kappa shape index (κ1) is 16.6. The number of anilines is 1. The van der Waals surface area contributed by atoms with Gasteiger partial charge in [-0.15, -0.1) is 0 Å². The van der Waals surface area contributed by atoms with E-state index in [1.54, 1.807) is 24.3 Å². The van der Waals surface area contributed by atoms with Crippen LogP contribution in [0.1, 0.15) is 10.4 Å². The van der Waals surface area contributed by atoms with Crippen LogP contribution in [0.4, 0.5) is 11.4 Å². The maximum absolute atomic E-state index is 11.9. The van der Waals surface area contributed by atoms with Crippen molar-refractivity contribution >= 4 is 28.9 Å². The van der Waals surface area contributed by atoms with Gasteiger partial charge >= 0.3 is 5.97 Å². The van der Waals surface area contributed by atoms with Crippen molar-refractivity contribution in [1.29, 1.82) is 0 Å². The minimum atomic E-state index is -0.745. The SMILES string of the molecule is Nc1ccc([N+](=O)[O-])cc1C(=O)OCCOc1ccc(Cl)cc1. The second-order valence-electron chi connectivity index (χ2n) is 4.47. The number of halogens is 1. The van der Waals surface area contributed by atoms with Crippen LogP contribution >= 0.6 is 11.6 Å². The van der Waals surface area contributed by atoms with Crippen molar-refractivity contribution in [3.8, 4) is 5.75 Å². The second kappa shape index (κ2) is 7.46. The molecule has 0 saturated carbocycles. The van der Waals surface area contributed by atoms with Gasteiger partial charge in [-0.05, 0) is 30.3 Å². The largest absolute Gasteiger partial charge is 0.490 e. The Morgan fingerprint density at radius 1 is 1.17 bits per heavy atom. The number of hydrogen-bond donors (Lipinski definition) is 1. The van der Waals surface area contributed by atoms with Crippen molar-refractivity contribution in [1.82, 2.24) is 0 Å². The molecule has 23 heavy (non-hydrogen) atoms. The Bertz CT molecular complexity index is 718. The van der Waals surface area contributed by atoms with E-state index in [1.807, 2.05) is 0 Å². The van der Waals surface area contributed by atoms with Crippen molar-refractivity contribution in [3.63, 3.8) is 0 Å². The molecule has 2 N–H and O–H groups in total. The molecular weight excluding hydrogens is 324 g/mol. The van der Waals surface area contributed by atoms with Gasteiger partial charge in [-0.25, -0.2) is 4.79 Å². The van der Waals surface area contributed by atoms with Crippen molar-refractivity contribution in [2.75, 3.05) is 18.9 Å². The predicted octanol–water partition coefficient (Wildman–Crippen LogP) is 3.07. The molecule has 0 aliphatic rings. The first-order valence-electron chi connectivity index (χ1n) is 6.57. The number of hydrogen-bond acceptors (Lipinski definition) is 6. The number of carbonyl (C=O) groups excluding carboxylic acids is 1. The Labute approximate surface area is 136 Å². The first-order chi connectivity index (χ1) is 11.0. The number of nitrogen functional groups attached to an aromatic ring is 1. The van der Waals surface area contributed by atoms with E-state index in [0.29, 0.717) is 10.8 Å². The number of nitro groups is 1. The third-order valence-electron chi connectivity index (χ3n) is 2.87. The third kappa shape index (κ3) is 4.58. The molecule has 0 saturated heterocycles. The smallest absolute Gasteiger partial charge is 0.340 e. The summed E-state index contributed by atoms with van der Waals surface area (Å²) in [4.78, 5) is 22.0. The molecule has 0 aromatic heterocycles. The molecule has 0 heterocycles. The van der Waals surface area contributed by atoms with E-state index in [1.165, 1.54) is 12.1 Å². The lowest BCUT2D eigenvalue weighted by Crippen LogP contribution is -2.14. The van der Waals surface area contributed by atoms with Gasteiger partial charge in [0.25, 0.3) is 5.69 Å². The summed E-state index contributed by atoms with van der Waals surface area (Å²) in [6, 6.07) is 10.3. The highest BCUT2D eigenvalue weighted by Crippen LogP contribution is 2.20. The lowest BCUT2D eigenvalue weighted by atomic mass is 10.1. The van der Waals surface area contributed by atoms with E-state index >= 15 is 0 Å². The fourth-order valence-corrected chi connectivity index (χ4v) is 1.86. The number of benzene rings is 2. The van der Waals surface area contributed by atoms with Gasteiger partial charge in [0.1, 0.15) is 19.0 Å². The number of nitro benzene ring substituents is 1. The molecule has 120 valence electrons. The molecule has 7 nitrogen and oxygen atoms in total. The standard InChI is InChI=1S/C15H13ClN2O5/c16-10-1-4-12(5-2-10)22-7-8-23-15(19)13-9-11(18(20)21)3-6-14(13)17/h1-6,9H,7-8,17H2. The van der Waals surface area contributed by atoms with Gasteiger partial charge in [-0.1, -0.05) is 11.6 Å². The van der Waals surface area contributed by atoms with E-state index in [2.05, 4.69) is 0 Å². The Hall–Kier alpha value is -2.80. The molecule has 0 aliphatic carbocycles. The molecule has 0 radical (unpaired) electrons. The average molecular weight is 337 g/mol. The Balaban J connectivity index is 1.88. The number of rotatable bonds is 6. The van der Waals surface area contributed by atoms with E-state index in [-0.39, 0.29) is 30.2 Å². The van der Waals surface area contributed by atoms with Crippen LogP contribution in [-0.4, -0.2) is 24.1 Å². The van der Waals surface area contributed by atoms with Gasteiger partial charge < -0.3 is 15.2 Å². The summed E-state index contributed by atoms with van der Waals surface area (Å²) in [7, 11) is 0.